The van der Waals surface area contributed by atoms with Crippen LogP contribution in [-0.2, 0) is 20.0 Å². The monoisotopic (exact) mass is 808 g/mol. The molecule has 4 N–H and O–H groups in total. The number of nitro groups is 1. The number of hydrogen-bond acceptors (Lipinski definition) is 11. The number of nitrogen functional groups attached to an aromatic ring is 1. The zero-order chi connectivity index (χ0) is 33.3. The summed E-state index contributed by atoms with van der Waals surface area (Å²) in [5.74, 6) is 0. The molecule has 0 unspecified atom stereocenters. The van der Waals surface area contributed by atoms with Gasteiger partial charge in [-0.25, -0.2) is 36.2 Å². The van der Waals surface area contributed by atoms with Crippen LogP contribution in [0.2, 0.25) is 0 Å². The molecule has 2 heterocycles. The highest BCUT2D eigenvalue weighted by molar-refractivity contribution is 9.11. The van der Waals surface area contributed by atoms with Gasteiger partial charge in [0, 0.05) is 52.4 Å². The Morgan fingerprint density at radius 2 is 1.18 bits per heavy atom. The molecule has 0 saturated carbocycles. The zero-order valence-electron chi connectivity index (χ0n) is 24.4. The average molecular weight is 811 g/mol. The number of benzene rings is 2. The van der Waals surface area contributed by atoms with Gasteiger partial charge in [0.2, 0.25) is 20.0 Å². The van der Waals surface area contributed by atoms with Crippen LogP contribution in [0, 0.1) is 10.1 Å². The van der Waals surface area contributed by atoms with Gasteiger partial charge in [0.1, 0.15) is 0 Å². The highest BCUT2D eigenvalue weighted by Crippen LogP contribution is 2.36. The Morgan fingerprint density at radius 1 is 0.773 bits per heavy atom. The minimum atomic E-state index is -3.93. The van der Waals surface area contributed by atoms with Crippen LogP contribution in [0.4, 0.5) is 11.4 Å². The summed E-state index contributed by atoms with van der Waals surface area (Å²) in [6.45, 7) is 10.5. The third-order valence-corrected chi connectivity index (χ3v) is 11.7. The molecule has 0 atom stereocenters. The molecule has 0 saturated heterocycles. The predicted molar refractivity (Wildman–Crippen MR) is 182 cm³/mol. The van der Waals surface area contributed by atoms with Crippen LogP contribution in [0.3, 0.4) is 0 Å². The number of nitrogens with two attached hydrogens (primary N) is 1. The normalized spacial score (nSPS) is 12.5. The molecular formula is C26H30Br2N6O6S4. The van der Waals surface area contributed by atoms with Crippen molar-refractivity contribution in [1.29, 1.82) is 0 Å². The summed E-state index contributed by atoms with van der Waals surface area (Å²) in [6.07, 6.45) is 3.16. The van der Waals surface area contributed by atoms with Gasteiger partial charge >= 0.3 is 0 Å². The number of sulfonamides is 2. The minimum absolute atomic E-state index is 0.141. The van der Waals surface area contributed by atoms with Gasteiger partial charge in [-0.2, -0.15) is 0 Å². The molecule has 0 aliphatic carbocycles. The number of thiazole rings is 2. The summed E-state index contributed by atoms with van der Waals surface area (Å²) in [5.41, 5.74) is 5.54. The van der Waals surface area contributed by atoms with Crippen LogP contribution in [0.25, 0.3) is 20.9 Å². The second kappa shape index (κ2) is 13.6. The van der Waals surface area contributed by atoms with E-state index in [2.05, 4.69) is 51.3 Å². The predicted octanol–water partition coefficient (Wildman–Crippen LogP) is 6.79. The molecule has 0 aliphatic heterocycles. The topological polar surface area (TPSA) is 187 Å². The summed E-state index contributed by atoms with van der Waals surface area (Å²) in [6, 6.07) is 8.62. The summed E-state index contributed by atoms with van der Waals surface area (Å²) in [7, 11) is -7.61. The molecule has 0 amide bonds. The van der Waals surface area contributed by atoms with Gasteiger partial charge < -0.3 is 5.73 Å². The van der Waals surface area contributed by atoms with Crippen molar-refractivity contribution in [2.75, 3.05) is 5.73 Å². The Hall–Kier alpha value is -2.32. The number of hydrogen-bond donors (Lipinski definition) is 3. The zero-order valence-corrected chi connectivity index (χ0v) is 30.8. The number of nitro benzene ring substituents is 1. The molecule has 12 nitrogen and oxygen atoms in total. The van der Waals surface area contributed by atoms with Gasteiger partial charge in [-0.15, -0.1) is 22.7 Å². The lowest BCUT2D eigenvalue weighted by atomic mass is 10.1. The maximum absolute atomic E-state index is 12.7. The molecular weight excluding hydrogens is 780 g/mol. The number of halogens is 2. The number of nitrogens with zero attached hydrogens (tertiary/aromatic N) is 3. The van der Waals surface area contributed by atoms with E-state index in [0.717, 1.165) is 10.9 Å². The van der Waals surface area contributed by atoms with E-state index in [4.69, 9.17) is 5.73 Å². The third kappa shape index (κ3) is 9.84. The molecule has 4 rings (SSSR count). The highest BCUT2D eigenvalue weighted by Gasteiger charge is 2.28. The van der Waals surface area contributed by atoms with Crippen LogP contribution in [0.1, 0.15) is 41.5 Å². The second-order valence-electron chi connectivity index (χ2n) is 11.4. The standard InChI is InChI=1S/C13H14BrN3O4S2.C13H16BrN3O2S2/c1-13(2,3)16-23(20,21)11-6-8(17(18)19)4-5-9(11)10-7-15-12(14)22-10;1-13(2,3)17-21(18,19)11-6-8(15)4-5-9(11)10-7-16-12(14)20-10/h4-7,16H,1-3H3;4-7,17H,15H2,1-3H3. The van der Waals surface area contributed by atoms with Gasteiger partial charge in [0.05, 0.1) is 24.5 Å². The molecule has 0 aliphatic rings. The summed E-state index contributed by atoms with van der Waals surface area (Å²) in [5, 5.41) is 11.0. The number of non-ortho nitro benzene ring substituents is 1. The lowest BCUT2D eigenvalue weighted by Crippen LogP contribution is -2.40. The Balaban J connectivity index is 0.000000241. The first kappa shape index (κ1) is 36.2. The SMILES string of the molecule is CC(C)(C)NS(=O)(=O)c1cc(N)ccc1-c1cnc(Br)s1.CC(C)(C)NS(=O)(=O)c1cc([N+](=O)[O-])ccc1-c1cnc(Br)s1. The van der Waals surface area contributed by atoms with Gasteiger partial charge in [-0.05, 0) is 91.6 Å². The van der Waals surface area contributed by atoms with E-state index in [-0.39, 0.29) is 15.5 Å². The first-order chi connectivity index (χ1) is 20.1. The quantitative estimate of drug-likeness (QED) is 0.103. The molecule has 4 aromatic rings. The highest BCUT2D eigenvalue weighted by atomic mass is 79.9. The average Bonchev–Trinajstić information content (AvgIpc) is 3.49. The fraction of sp³-hybridized carbons (Fsp3) is 0.308. The van der Waals surface area contributed by atoms with E-state index in [0.29, 0.717) is 29.5 Å². The number of nitrogens with one attached hydrogen (secondary N) is 2. The van der Waals surface area contributed by atoms with Crippen molar-refractivity contribution in [2.45, 2.75) is 62.4 Å². The molecule has 18 heteroatoms. The number of rotatable bonds is 7. The molecule has 0 bridgehead atoms. The maximum atomic E-state index is 12.7. The largest absolute Gasteiger partial charge is 0.399 e. The summed E-state index contributed by atoms with van der Waals surface area (Å²) >= 11 is 9.12. The lowest BCUT2D eigenvalue weighted by Gasteiger charge is -2.21. The molecule has 0 fully saturated rings. The van der Waals surface area contributed by atoms with E-state index >= 15 is 0 Å². The van der Waals surface area contributed by atoms with Crippen molar-refractivity contribution in [3.05, 3.63) is 66.7 Å². The van der Waals surface area contributed by atoms with Gasteiger partial charge in [-0.1, -0.05) is 6.07 Å². The molecule has 44 heavy (non-hydrogen) atoms. The van der Waals surface area contributed by atoms with Crippen molar-refractivity contribution in [1.82, 2.24) is 19.4 Å². The lowest BCUT2D eigenvalue weighted by molar-refractivity contribution is -0.385. The van der Waals surface area contributed by atoms with Crippen LogP contribution < -0.4 is 15.2 Å². The van der Waals surface area contributed by atoms with E-state index in [1.807, 2.05) is 0 Å². The van der Waals surface area contributed by atoms with Crippen LogP contribution >= 0.6 is 54.5 Å². The van der Waals surface area contributed by atoms with Crippen molar-refractivity contribution < 1.29 is 21.8 Å². The minimum Gasteiger partial charge on any atom is -0.399 e. The van der Waals surface area contributed by atoms with E-state index in [1.165, 1.54) is 47.1 Å². The van der Waals surface area contributed by atoms with E-state index in [9.17, 15) is 26.9 Å². The first-order valence-corrected chi connectivity index (χ1v) is 18.8. The van der Waals surface area contributed by atoms with Crippen molar-refractivity contribution in [2.24, 2.45) is 0 Å². The molecule has 238 valence electrons. The second-order valence-corrected chi connectivity index (χ2v) is 19.3. The van der Waals surface area contributed by atoms with Gasteiger partial charge in [0.25, 0.3) is 5.69 Å². The third-order valence-electron chi connectivity index (χ3n) is 5.13. The summed E-state index contributed by atoms with van der Waals surface area (Å²) < 4.78 is 57.0. The van der Waals surface area contributed by atoms with Crippen LogP contribution in [0.15, 0.2) is 66.4 Å². The Labute approximate surface area is 281 Å². The van der Waals surface area contributed by atoms with Gasteiger partial charge in [-0.3, -0.25) is 10.1 Å². The van der Waals surface area contributed by atoms with Gasteiger partial charge in [0.15, 0.2) is 7.83 Å². The van der Waals surface area contributed by atoms with Crippen molar-refractivity contribution in [3.8, 4) is 20.9 Å². The molecule has 2 aromatic carbocycles. The number of anilines is 1. The first-order valence-electron chi connectivity index (χ1n) is 12.6. The van der Waals surface area contributed by atoms with Crippen molar-refractivity contribution in [3.63, 3.8) is 0 Å². The van der Waals surface area contributed by atoms with Crippen molar-refractivity contribution >= 4 is 86.0 Å². The fourth-order valence-electron chi connectivity index (χ4n) is 3.69. The molecule has 0 radical (unpaired) electrons. The Morgan fingerprint density at radius 3 is 1.55 bits per heavy atom. The van der Waals surface area contributed by atoms with Crippen LogP contribution in [0.5, 0.6) is 0 Å². The maximum Gasteiger partial charge on any atom is 0.270 e. The van der Waals surface area contributed by atoms with E-state index in [1.54, 1.807) is 59.9 Å². The molecule has 2 aromatic heterocycles. The number of aromatic nitrogens is 2. The van der Waals surface area contributed by atoms with E-state index < -0.39 is 36.0 Å². The van der Waals surface area contributed by atoms with Crippen LogP contribution in [-0.4, -0.2) is 42.8 Å². The summed E-state index contributed by atoms with van der Waals surface area (Å²) in [4.78, 5) is 19.9. The Bertz CT molecular complexity index is 1900. The smallest absolute Gasteiger partial charge is 0.270 e. The Kier molecular flexibility index (Phi) is 11.2. The molecule has 0 spiro atoms. The fourth-order valence-corrected chi connectivity index (χ4v) is 9.76.